The molecule has 1 unspecified atom stereocenters. The molecule has 2 N–H and O–H groups in total. The van der Waals surface area contributed by atoms with Crippen LogP contribution in [-0.2, 0) is 9.84 Å². The van der Waals surface area contributed by atoms with Gasteiger partial charge < -0.3 is 5.73 Å². The molecule has 0 aliphatic heterocycles. The zero-order valence-electron chi connectivity index (χ0n) is 11.0. The summed E-state index contributed by atoms with van der Waals surface area (Å²) in [6.45, 7) is 1.68. The monoisotopic (exact) mass is 299 g/mol. The molecule has 20 heavy (non-hydrogen) atoms. The Morgan fingerprint density at radius 3 is 2.75 bits per heavy atom. The zero-order valence-corrected chi connectivity index (χ0v) is 11.8. The van der Waals surface area contributed by atoms with Gasteiger partial charge in [-0.2, -0.15) is 0 Å². The van der Waals surface area contributed by atoms with E-state index in [1.54, 1.807) is 6.92 Å². The Balaban J connectivity index is 2.42. The predicted octanol–water partition coefficient (Wildman–Crippen LogP) is 0.667. The lowest BCUT2D eigenvalue weighted by atomic mass is 10.1. The number of nitrogen functional groups attached to an aromatic ring is 1. The first-order valence-corrected chi connectivity index (χ1v) is 7.85. The van der Waals surface area contributed by atoms with Crippen molar-refractivity contribution >= 4 is 15.5 Å². The van der Waals surface area contributed by atoms with E-state index in [1.807, 2.05) is 0 Å². The Morgan fingerprint density at radius 1 is 1.45 bits per heavy atom. The van der Waals surface area contributed by atoms with E-state index in [0.29, 0.717) is 11.4 Å². The van der Waals surface area contributed by atoms with Gasteiger partial charge in [0.25, 0.3) is 0 Å². The van der Waals surface area contributed by atoms with Crippen molar-refractivity contribution in [3.8, 4) is 11.4 Å². The van der Waals surface area contributed by atoms with Crippen molar-refractivity contribution in [2.75, 3.05) is 17.7 Å². The van der Waals surface area contributed by atoms with E-state index >= 15 is 0 Å². The number of halogens is 1. The fraction of sp³-hybridized carbons (Fsp3) is 0.364. The van der Waals surface area contributed by atoms with Gasteiger partial charge in [-0.25, -0.2) is 17.5 Å². The second-order valence-corrected chi connectivity index (χ2v) is 6.80. The summed E-state index contributed by atoms with van der Waals surface area (Å²) in [4.78, 5) is 0. The van der Waals surface area contributed by atoms with E-state index in [2.05, 4.69) is 15.5 Å². The molecule has 2 rings (SSSR count). The molecule has 0 saturated heterocycles. The highest BCUT2D eigenvalue weighted by atomic mass is 32.2. The number of hydrogen-bond acceptors (Lipinski definition) is 6. The average molecular weight is 299 g/mol. The van der Waals surface area contributed by atoms with Crippen molar-refractivity contribution in [1.82, 2.24) is 20.2 Å². The van der Waals surface area contributed by atoms with E-state index < -0.39 is 21.7 Å². The number of nitrogens with zero attached hydrogens (tertiary/aromatic N) is 4. The molecule has 0 radical (unpaired) electrons. The lowest BCUT2D eigenvalue weighted by Crippen LogP contribution is -2.18. The van der Waals surface area contributed by atoms with E-state index in [9.17, 15) is 12.8 Å². The normalized spacial score (nSPS) is 13.3. The first-order valence-electron chi connectivity index (χ1n) is 5.79. The van der Waals surface area contributed by atoms with Crippen molar-refractivity contribution in [3.05, 3.63) is 24.0 Å². The molecule has 0 saturated carbocycles. The fourth-order valence-electron chi connectivity index (χ4n) is 1.91. The summed E-state index contributed by atoms with van der Waals surface area (Å²) < 4.78 is 37.1. The number of hydrogen-bond donors (Lipinski definition) is 1. The van der Waals surface area contributed by atoms with Crippen LogP contribution in [0, 0.1) is 5.82 Å². The number of aromatic nitrogens is 4. The summed E-state index contributed by atoms with van der Waals surface area (Å²) in [5.74, 6) is -0.264. The Bertz CT molecular complexity index is 728. The molecule has 9 heteroatoms. The second-order valence-electron chi connectivity index (χ2n) is 4.62. The molecule has 0 aliphatic rings. The fourth-order valence-corrected chi connectivity index (χ4v) is 2.93. The third-order valence-corrected chi connectivity index (χ3v) is 3.80. The minimum atomic E-state index is -3.17. The number of benzene rings is 1. The van der Waals surface area contributed by atoms with Crippen molar-refractivity contribution < 1.29 is 12.8 Å². The maximum Gasteiger partial charge on any atom is 0.184 e. The summed E-state index contributed by atoms with van der Waals surface area (Å²) in [5, 5.41) is 11.1. The molecular formula is C11H14FN5O2S. The van der Waals surface area contributed by atoms with Gasteiger partial charge in [0.15, 0.2) is 5.82 Å². The summed E-state index contributed by atoms with van der Waals surface area (Å²) >= 11 is 0. The molecule has 1 aromatic carbocycles. The number of anilines is 1. The van der Waals surface area contributed by atoms with Crippen LogP contribution in [0.2, 0.25) is 0 Å². The van der Waals surface area contributed by atoms with Crippen LogP contribution in [0.5, 0.6) is 0 Å². The van der Waals surface area contributed by atoms with E-state index in [4.69, 9.17) is 5.73 Å². The van der Waals surface area contributed by atoms with Crippen LogP contribution in [0.25, 0.3) is 11.4 Å². The summed E-state index contributed by atoms with van der Waals surface area (Å²) in [6, 6.07) is 3.40. The molecule has 1 atom stereocenters. The van der Waals surface area contributed by atoms with Gasteiger partial charge in [0.2, 0.25) is 0 Å². The van der Waals surface area contributed by atoms with Gasteiger partial charge in [0.05, 0.1) is 11.8 Å². The molecule has 2 aromatic rings. The van der Waals surface area contributed by atoms with Crippen LogP contribution in [0.4, 0.5) is 10.1 Å². The lowest BCUT2D eigenvalue weighted by Gasteiger charge is -2.13. The maximum absolute atomic E-state index is 13.1. The molecule has 108 valence electrons. The third kappa shape index (κ3) is 3.10. The van der Waals surface area contributed by atoms with Crippen LogP contribution in [0.1, 0.15) is 13.0 Å². The van der Waals surface area contributed by atoms with Gasteiger partial charge in [0.1, 0.15) is 15.7 Å². The van der Waals surface area contributed by atoms with Crippen LogP contribution < -0.4 is 5.73 Å². The smallest absolute Gasteiger partial charge is 0.184 e. The molecule has 0 amide bonds. The lowest BCUT2D eigenvalue weighted by molar-refractivity contribution is 0.509. The van der Waals surface area contributed by atoms with Crippen LogP contribution in [0.15, 0.2) is 18.2 Å². The standard InChI is InChI=1S/C11H14FN5O2S/c1-7(6-20(2,18)19)17-11(14-15-16-17)9-4-3-8(12)5-10(9)13/h3-5,7H,6,13H2,1-2H3. The Hall–Kier alpha value is -2.03. The van der Waals surface area contributed by atoms with Crippen LogP contribution in [-0.4, -0.2) is 40.6 Å². The molecule has 0 spiro atoms. The third-order valence-electron chi connectivity index (χ3n) is 2.71. The van der Waals surface area contributed by atoms with Crippen molar-refractivity contribution in [3.63, 3.8) is 0 Å². The number of nitrogens with two attached hydrogens (primary N) is 1. The molecule has 0 aliphatic carbocycles. The molecule has 0 bridgehead atoms. The zero-order chi connectivity index (χ0) is 14.9. The van der Waals surface area contributed by atoms with Gasteiger partial charge in [-0.15, -0.1) is 5.10 Å². The van der Waals surface area contributed by atoms with E-state index in [1.165, 1.54) is 16.8 Å². The number of tetrazole rings is 1. The summed E-state index contributed by atoms with van der Waals surface area (Å²) in [7, 11) is -3.17. The number of rotatable bonds is 4. The van der Waals surface area contributed by atoms with Crippen molar-refractivity contribution in [2.24, 2.45) is 0 Å². The van der Waals surface area contributed by atoms with Gasteiger partial charge in [-0.1, -0.05) is 0 Å². The SMILES string of the molecule is CC(CS(C)(=O)=O)n1nnnc1-c1ccc(F)cc1N. The van der Waals surface area contributed by atoms with E-state index in [-0.39, 0.29) is 11.4 Å². The largest absolute Gasteiger partial charge is 0.398 e. The molecule has 0 fully saturated rings. The molecular weight excluding hydrogens is 285 g/mol. The minimum Gasteiger partial charge on any atom is -0.398 e. The Kier molecular flexibility index (Phi) is 3.71. The summed E-state index contributed by atoms with van der Waals surface area (Å²) in [5.41, 5.74) is 6.38. The highest BCUT2D eigenvalue weighted by Crippen LogP contribution is 2.26. The quantitative estimate of drug-likeness (QED) is 0.832. The molecule has 1 aromatic heterocycles. The first-order chi connectivity index (χ1) is 9.28. The highest BCUT2D eigenvalue weighted by Gasteiger charge is 2.20. The Labute approximate surface area is 115 Å². The molecule has 1 heterocycles. The van der Waals surface area contributed by atoms with Gasteiger partial charge in [0, 0.05) is 17.5 Å². The highest BCUT2D eigenvalue weighted by molar-refractivity contribution is 7.90. The topological polar surface area (TPSA) is 104 Å². The minimum absolute atomic E-state index is 0.105. The van der Waals surface area contributed by atoms with Crippen molar-refractivity contribution in [1.29, 1.82) is 0 Å². The number of sulfone groups is 1. The second kappa shape index (κ2) is 5.16. The summed E-state index contributed by atoms with van der Waals surface area (Å²) in [6.07, 6.45) is 1.14. The maximum atomic E-state index is 13.1. The van der Waals surface area contributed by atoms with Gasteiger partial charge in [-0.3, -0.25) is 0 Å². The average Bonchev–Trinajstić information content (AvgIpc) is 2.75. The van der Waals surface area contributed by atoms with E-state index in [0.717, 1.165) is 12.3 Å². The predicted molar refractivity (Wildman–Crippen MR) is 72.0 cm³/mol. The van der Waals surface area contributed by atoms with Gasteiger partial charge in [-0.05, 0) is 35.5 Å². The first kappa shape index (κ1) is 14.4. The molecule has 7 nitrogen and oxygen atoms in total. The van der Waals surface area contributed by atoms with Crippen molar-refractivity contribution in [2.45, 2.75) is 13.0 Å². The van der Waals surface area contributed by atoms with Gasteiger partial charge >= 0.3 is 0 Å². The Morgan fingerprint density at radius 2 is 2.15 bits per heavy atom. The van der Waals surface area contributed by atoms with Crippen LogP contribution >= 0.6 is 0 Å². The van der Waals surface area contributed by atoms with Crippen LogP contribution in [0.3, 0.4) is 0 Å².